The number of hydrazine groups is 1. The second-order valence-corrected chi connectivity index (χ2v) is 8.84. The van der Waals surface area contributed by atoms with E-state index in [1.165, 1.54) is 52.0 Å². The number of halogens is 3. The molecule has 0 bridgehead atoms. The molecule has 33 heavy (non-hydrogen) atoms. The lowest BCUT2D eigenvalue weighted by Crippen LogP contribution is -2.60. The molecule has 0 unspecified atom stereocenters. The summed E-state index contributed by atoms with van der Waals surface area (Å²) in [6.07, 6.45) is 4.57. The summed E-state index contributed by atoms with van der Waals surface area (Å²) in [5, 5.41) is 1.43. The van der Waals surface area contributed by atoms with Crippen LogP contribution in [0.25, 0.3) is 27.9 Å². The predicted molar refractivity (Wildman–Crippen MR) is 123 cm³/mol. The zero-order valence-corrected chi connectivity index (χ0v) is 18.8. The Labute approximate surface area is 193 Å². The van der Waals surface area contributed by atoms with Crippen LogP contribution in [0.15, 0.2) is 47.7 Å². The number of rotatable bonds is 5. The minimum absolute atomic E-state index is 0.00747. The average molecular weight is 477 g/mol. The molecule has 4 rings (SSSR count). The first kappa shape index (κ1) is 22.8. The van der Waals surface area contributed by atoms with Crippen LogP contribution >= 0.6 is 11.6 Å². The van der Waals surface area contributed by atoms with Crippen molar-refractivity contribution in [3.8, 4) is 11.1 Å². The summed E-state index contributed by atoms with van der Waals surface area (Å²) in [6.45, 7) is 1.17. The van der Waals surface area contributed by atoms with Crippen molar-refractivity contribution in [1.82, 2.24) is 19.0 Å². The molecule has 1 amide bonds. The van der Waals surface area contributed by atoms with Crippen molar-refractivity contribution >= 4 is 34.2 Å². The molecule has 1 saturated heterocycles. The van der Waals surface area contributed by atoms with Crippen molar-refractivity contribution in [3.05, 3.63) is 64.1 Å². The molecular weight excluding hydrogens is 454 g/mol. The molecule has 0 saturated carbocycles. The fourth-order valence-electron chi connectivity index (χ4n) is 3.95. The molecule has 174 valence electrons. The van der Waals surface area contributed by atoms with Crippen LogP contribution in [0.5, 0.6) is 0 Å². The van der Waals surface area contributed by atoms with Crippen LogP contribution in [0.3, 0.4) is 0 Å². The second kappa shape index (κ2) is 8.20. The number of aromatic nitrogens is 2. The Morgan fingerprint density at radius 1 is 1.33 bits per heavy atom. The van der Waals surface area contributed by atoms with Gasteiger partial charge in [-0.25, -0.2) is 14.6 Å². The number of alkyl halides is 1. The number of hydrogen-bond donors (Lipinski definition) is 2. The van der Waals surface area contributed by atoms with Gasteiger partial charge in [-0.05, 0) is 30.7 Å². The fourth-order valence-corrected chi connectivity index (χ4v) is 4.13. The van der Waals surface area contributed by atoms with Gasteiger partial charge in [0.15, 0.2) is 0 Å². The fraction of sp³-hybridized carbons (Fsp3) is 0.273. The zero-order valence-electron chi connectivity index (χ0n) is 18.1. The largest absolute Gasteiger partial charge is 0.384 e. The topological polar surface area (TPSA) is 103 Å². The third kappa shape index (κ3) is 4.31. The van der Waals surface area contributed by atoms with E-state index in [4.69, 9.17) is 23.2 Å². The average Bonchev–Trinajstić information content (AvgIpc) is 3.10. The van der Waals surface area contributed by atoms with E-state index in [1.807, 2.05) is 0 Å². The number of hydrogen-bond acceptors (Lipinski definition) is 5. The van der Waals surface area contributed by atoms with Crippen LogP contribution in [0.4, 0.5) is 8.78 Å². The summed E-state index contributed by atoms with van der Waals surface area (Å²) in [4.78, 5) is 27.3. The first-order valence-electron chi connectivity index (χ1n) is 10.1. The van der Waals surface area contributed by atoms with E-state index in [0.717, 1.165) is 0 Å². The number of pyridine rings is 1. The number of carbonyl (C=O) groups excluding carboxylic acids is 1. The van der Waals surface area contributed by atoms with Gasteiger partial charge in [0.25, 0.3) is 5.56 Å². The summed E-state index contributed by atoms with van der Waals surface area (Å²) in [5.41, 5.74) is 5.74. The first-order chi connectivity index (χ1) is 15.5. The third-order valence-electron chi connectivity index (χ3n) is 5.47. The van der Waals surface area contributed by atoms with Gasteiger partial charge >= 0.3 is 0 Å². The lowest BCUT2D eigenvalue weighted by molar-refractivity contribution is -0.144. The van der Waals surface area contributed by atoms with Crippen molar-refractivity contribution in [1.29, 1.82) is 0 Å². The highest BCUT2D eigenvalue weighted by Gasteiger charge is 2.41. The molecule has 4 N–H and O–H groups in total. The molecule has 8 nitrogen and oxygen atoms in total. The van der Waals surface area contributed by atoms with E-state index in [2.05, 4.69) is 0 Å². The van der Waals surface area contributed by atoms with Crippen LogP contribution in [-0.2, 0) is 11.3 Å². The number of likely N-dealkylation sites (tertiary alicyclic amines) is 1. The number of fused-ring (bicyclic) bond motifs is 1. The highest BCUT2D eigenvalue weighted by molar-refractivity contribution is 6.31. The Hall–Kier alpha value is -3.37. The monoisotopic (exact) mass is 476 g/mol. The zero-order chi connectivity index (χ0) is 24.1. The molecule has 2 aromatic heterocycles. The van der Waals surface area contributed by atoms with E-state index < -0.39 is 17.0 Å². The molecule has 0 radical (unpaired) electrons. The van der Waals surface area contributed by atoms with Crippen molar-refractivity contribution < 1.29 is 13.6 Å². The molecular formula is C22H23ClF2N6O2. The molecule has 1 aromatic carbocycles. The highest BCUT2D eigenvalue weighted by Crippen LogP contribution is 2.32. The van der Waals surface area contributed by atoms with Crippen molar-refractivity contribution in [2.45, 2.75) is 19.1 Å². The van der Waals surface area contributed by atoms with Gasteiger partial charge in [0.2, 0.25) is 5.91 Å². The van der Waals surface area contributed by atoms with Crippen LogP contribution in [-0.4, -0.2) is 50.8 Å². The van der Waals surface area contributed by atoms with Gasteiger partial charge in [-0.1, -0.05) is 17.7 Å². The van der Waals surface area contributed by atoms with Crippen LogP contribution in [0.1, 0.15) is 6.92 Å². The van der Waals surface area contributed by atoms with Crippen LogP contribution in [0.2, 0.25) is 5.02 Å². The van der Waals surface area contributed by atoms with E-state index in [9.17, 15) is 18.4 Å². The lowest BCUT2D eigenvalue weighted by Gasteiger charge is -2.42. The Morgan fingerprint density at radius 3 is 2.64 bits per heavy atom. The summed E-state index contributed by atoms with van der Waals surface area (Å²) in [7, 11) is 1.59. The van der Waals surface area contributed by atoms with Gasteiger partial charge in [-0.15, -0.1) is 0 Å². The molecule has 11 heteroatoms. The Balaban J connectivity index is 1.84. The molecule has 1 fully saturated rings. The van der Waals surface area contributed by atoms with Crippen LogP contribution in [0, 0.1) is 5.82 Å². The van der Waals surface area contributed by atoms with Crippen molar-refractivity contribution in [2.75, 3.05) is 20.1 Å². The normalized spacial score (nSPS) is 15.6. The standard InChI is InChI=1S/C22H23ClF2N6O2/c1-22(25)11-30(12-22)19(32)10-29-6-5-17-20(21(29)33)14(8-31(17)18(26)9-28(2)27)13-3-4-16(24)15(23)7-13/h3-9H,10-12,26-27H2,1-2H3/b18-9+. The van der Waals surface area contributed by atoms with Gasteiger partial charge in [-0.3, -0.25) is 9.59 Å². The number of carbonyl (C=O) groups is 1. The van der Waals surface area contributed by atoms with Gasteiger partial charge in [-0.2, -0.15) is 0 Å². The van der Waals surface area contributed by atoms with E-state index >= 15 is 0 Å². The Kier molecular flexibility index (Phi) is 5.67. The minimum atomic E-state index is -1.41. The van der Waals surface area contributed by atoms with Gasteiger partial charge in [0, 0.05) is 25.0 Å². The summed E-state index contributed by atoms with van der Waals surface area (Å²) in [5.74, 6) is 4.96. The first-order valence-corrected chi connectivity index (χ1v) is 10.5. The smallest absolute Gasteiger partial charge is 0.261 e. The Morgan fingerprint density at radius 2 is 2.03 bits per heavy atom. The molecule has 0 spiro atoms. The maximum atomic E-state index is 13.8. The number of amides is 1. The second-order valence-electron chi connectivity index (χ2n) is 8.43. The molecule has 1 aliphatic heterocycles. The maximum Gasteiger partial charge on any atom is 0.261 e. The van der Waals surface area contributed by atoms with Crippen LogP contribution < -0.4 is 17.1 Å². The van der Waals surface area contributed by atoms with E-state index in [0.29, 0.717) is 16.6 Å². The Bertz CT molecular complexity index is 1340. The van der Waals surface area contributed by atoms with Gasteiger partial charge < -0.3 is 24.8 Å². The van der Waals surface area contributed by atoms with Crippen molar-refractivity contribution in [3.63, 3.8) is 0 Å². The molecule has 0 atom stereocenters. The molecule has 3 heterocycles. The molecule has 1 aliphatic rings. The highest BCUT2D eigenvalue weighted by atomic mass is 35.5. The maximum absolute atomic E-state index is 13.8. The predicted octanol–water partition coefficient (Wildman–Crippen LogP) is 2.35. The summed E-state index contributed by atoms with van der Waals surface area (Å²) in [6, 6.07) is 5.76. The van der Waals surface area contributed by atoms with Gasteiger partial charge in [0.1, 0.15) is 23.9 Å². The summed E-state index contributed by atoms with van der Waals surface area (Å²) < 4.78 is 30.3. The van der Waals surface area contributed by atoms with Gasteiger partial charge in [0.05, 0.1) is 35.2 Å². The lowest BCUT2D eigenvalue weighted by atomic mass is 9.99. The minimum Gasteiger partial charge on any atom is -0.384 e. The number of nitrogens with two attached hydrogens (primary N) is 2. The number of benzene rings is 1. The SMILES string of the molecule is CN(N)/C=C(\N)n1cc(-c2ccc(F)c(Cl)c2)c2c(=O)n(CC(=O)N3CC(C)(F)C3)ccc21. The van der Waals surface area contributed by atoms with E-state index in [-0.39, 0.29) is 41.8 Å². The molecule has 0 aliphatic carbocycles. The summed E-state index contributed by atoms with van der Waals surface area (Å²) >= 11 is 5.97. The number of nitrogens with zero attached hydrogens (tertiary/aromatic N) is 4. The van der Waals surface area contributed by atoms with Crippen molar-refractivity contribution in [2.24, 2.45) is 11.6 Å². The molecule has 3 aromatic rings. The van der Waals surface area contributed by atoms with E-state index in [1.54, 1.807) is 23.9 Å². The quantitative estimate of drug-likeness (QED) is 0.434. The third-order valence-corrected chi connectivity index (χ3v) is 5.76.